The molecule has 0 N–H and O–H groups in total. The van der Waals surface area contributed by atoms with Crippen LogP contribution in [-0.2, 0) is 25.7 Å². The molecule has 0 fully saturated rings. The first kappa shape index (κ1) is 28.1. The normalized spacial score (nSPS) is 13.3. The molecule has 0 unspecified atom stereocenters. The highest BCUT2D eigenvalue weighted by molar-refractivity contribution is 5.75. The smallest absolute Gasteiger partial charge is 0.207 e. The van der Waals surface area contributed by atoms with Gasteiger partial charge in [0.1, 0.15) is 0 Å². The van der Waals surface area contributed by atoms with E-state index in [1.165, 1.54) is 91.2 Å². The zero-order valence-electron chi connectivity index (χ0n) is 23.4. The van der Waals surface area contributed by atoms with Gasteiger partial charge < -0.3 is 5.53 Å². The van der Waals surface area contributed by atoms with Crippen LogP contribution in [0.25, 0.3) is 16.9 Å². The van der Waals surface area contributed by atoms with Gasteiger partial charge >= 0.3 is 0 Å². The summed E-state index contributed by atoms with van der Waals surface area (Å²) in [5.41, 5.74) is 21.0. The monoisotopic (exact) mass is 484 g/mol. The molecule has 0 spiro atoms. The fraction of sp³-hybridized carbons (Fsp3) is 0.529. The molecule has 0 aliphatic carbocycles. The van der Waals surface area contributed by atoms with Crippen LogP contribution in [0.1, 0.15) is 125 Å². The molecule has 0 saturated heterocycles. The number of rotatable bonds is 16. The van der Waals surface area contributed by atoms with E-state index in [2.05, 4.69) is 76.2 Å². The third-order valence-corrected chi connectivity index (χ3v) is 7.33. The number of allylic oxidation sites excluding steroid dienone is 2. The van der Waals surface area contributed by atoms with E-state index < -0.39 is 0 Å². The highest BCUT2D eigenvalue weighted by Gasteiger charge is 2.24. The summed E-state index contributed by atoms with van der Waals surface area (Å²) in [6.07, 6.45) is 20.9. The first-order valence-corrected chi connectivity index (χ1v) is 14.8. The van der Waals surface area contributed by atoms with Gasteiger partial charge in [-0.25, -0.2) is 4.70 Å². The van der Waals surface area contributed by atoms with E-state index in [1.807, 2.05) is 0 Å². The molecule has 0 saturated carbocycles. The average molecular weight is 485 g/mol. The quantitative estimate of drug-likeness (QED) is 0.167. The zero-order valence-corrected chi connectivity index (χ0v) is 23.4. The summed E-state index contributed by atoms with van der Waals surface area (Å²) >= 11 is 0. The SMILES string of the molecule is CCCCCc1cc(CCCCC)cc(C2=CC=C(c3cc(CCCC)cc(CCCC)c3)[N+]2=[N-])c1. The molecule has 36 heavy (non-hydrogen) atoms. The van der Waals surface area contributed by atoms with Crippen LogP contribution in [0.15, 0.2) is 48.6 Å². The van der Waals surface area contributed by atoms with E-state index in [0.29, 0.717) is 0 Å². The van der Waals surface area contributed by atoms with E-state index in [-0.39, 0.29) is 0 Å². The second kappa shape index (κ2) is 14.9. The minimum Gasteiger partial charge on any atom is -0.493 e. The summed E-state index contributed by atoms with van der Waals surface area (Å²) in [5.74, 6) is 0. The Bertz CT molecular complexity index is 1000. The summed E-state index contributed by atoms with van der Waals surface area (Å²) in [7, 11) is 0. The fourth-order valence-corrected chi connectivity index (χ4v) is 5.18. The number of benzene rings is 2. The van der Waals surface area contributed by atoms with E-state index in [4.69, 9.17) is 0 Å². The minimum absolute atomic E-state index is 0.894. The summed E-state index contributed by atoms with van der Waals surface area (Å²) in [5, 5.41) is 0. The van der Waals surface area contributed by atoms with Crippen LogP contribution in [-0.4, -0.2) is 4.70 Å². The Balaban J connectivity index is 1.86. The summed E-state index contributed by atoms with van der Waals surface area (Å²) in [6, 6.07) is 14.0. The molecule has 194 valence electrons. The van der Waals surface area contributed by atoms with Crippen molar-refractivity contribution in [1.29, 1.82) is 0 Å². The van der Waals surface area contributed by atoms with Crippen molar-refractivity contribution in [2.45, 2.75) is 118 Å². The zero-order chi connectivity index (χ0) is 25.8. The molecule has 1 aliphatic heterocycles. The maximum atomic E-state index is 11.4. The van der Waals surface area contributed by atoms with Crippen LogP contribution in [0.2, 0.25) is 0 Å². The largest absolute Gasteiger partial charge is 0.493 e. The fourth-order valence-electron chi connectivity index (χ4n) is 5.18. The van der Waals surface area contributed by atoms with Crippen LogP contribution >= 0.6 is 0 Å². The highest BCUT2D eigenvalue weighted by atomic mass is 15.2. The van der Waals surface area contributed by atoms with Gasteiger partial charge in [-0.1, -0.05) is 78.4 Å². The molecule has 0 atom stereocenters. The van der Waals surface area contributed by atoms with Crippen LogP contribution in [0.4, 0.5) is 0 Å². The first-order valence-electron chi connectivity index (χ1n) is 14.8. The number of unbranched alkanes of at least 4 members (excludes halogenated alkanes) is 6. The Labute approximate surface area is 221 Å². The van der Waals surface area contributed by atoms with Gasteiger partial charge in [0.05, 0.1) is 0 Å². The van der Waals surface area contributed by atoms with Gasteiger partial charge in [0.2, 0.25) is 11.4 Å². The lowest BCUT2D eigenvalue weighted by Gasteiger charge is -2.14. The summed E-state index contributed by atoms with van der Waals surface area (Å²) < 4.78 is 1.43. The predicted octanol–water partition coefficient (Wildman–Crippen LogP) is 10.3. The Morgan fingerprint density at radius 3 is 1.14 bits per heavy atom. The van der Waals surface area contributed by atoms with Crippen molar-refractivity contribution in [2.75, 3.05) is 0 Å². The third kappa shape index (κ3) is 8.02. The molecule has 3 rings (SSSR count). The van der Waals surface area contributed by atoms with Gasteiger partial charge in [-0.15, -0.1) is 0 Å². The van der Waals surface area contributed by atoms with E-state index in [9.17, 15) is 5.53 Å². The Hall–Kier alpha value is -2.48. The van der Waals surface area contributed by atoms with Gasteiger partial charge in [-0.05, 0) is 97.9 Å². The van der Waals surface area contributed by atoms with Gasteiger partial charge in [0, 0.05) is 23.3 Å². The molecule has 0 radical (unpaired) electrons. The maximum absolute atomic E-state index is 11.4. The average Bonchev–Trinajstić information content (AvgIpc) is 3.27. The minimum atomic E-state index is 0.894. The molecule has 1 heterocycles. The van der Waals surface area contributed by atoms with Crippen LogP contribution < -0.4 is 0 Å². The molecule has 2 nitrogen and oxygen atoms in total. The van der Waals surface area contributed by atoms with Crippen LogP contribution in [0.5, 0.6) is 0 Å². The molecule has 2 heteroatoms. The Morgan fingerprint density at radius 1 is 0.472 bits per heavy atom. The molecule has 0 amide bonds. The second-order valence-corrected chi connectivity index (χ2v) is 10.6. The van der Waals surface area contributed by atoms with Crippen molar-refractivity contribution in [2.24, 2.45) is 0 Å². The van der Waals surface area contributed by atoms with Crippen LogP contribution in [0, 0.1) is 0 Å². The molecule has 0 bridgehead atoms. The van der Waals surface area contributed by atoms with Gasteiger partial charge in [-0.3, -0.25) is 0 Å². The lowest BCUT2D eigenvalue weighted by molar-refractivity contribution is -0.344. The molecular weight excluding hydrogens is 436 g/mol. The number of nitrogens with zero attached hydrogens (tertiary/aromatic N) is 2. The summed E-state index contributed by atoms with van der Waals surface area (Å²) in [6.45, 7) is 9.02. The number of hydrogen-bond acceptors (Lipinski definition) is 0. The molecule has 2 aromatic rings. The van der Waals surface area contributed by atoms with Crippen molar-refractivity contribution in [1.82, 2.24) is 0 Å². The van der Waals surface area contributed by atoms with E-state index >= 15 is 0 Å². The second-order valence-electron chi connectivity index (χ2n) is 10.6. The topological polar surface area (TPSA) is 25.3 Å². The van der Waals surface area contributed by atoms with Crippen molar-refractivity contribution < 1.29 is 4.70 Å². The summed E-state index contributed by atoms with van der Waals surface area (Å²) in [4.78, 5) is 0. The molecule has 1 aliphatic rings. The van der Waals surface area contributed by atoms with Crippen molar-refractivity contribution in [3.8, 4) is 0 Å². The van der Waals surface area contributed by atoms with Crippen LogP contribution in [0.3, 0.4) is 0 Å². The maximum Gasteiger partial charge on any atom is 0.207 e. The van der Waals surface area contributed by atoms with Gasteiger partial charge in [0.25, 0.3) is 0 Å². The number of hydrogen-bond donors (Lipinski definition) is 0. The van der Waals surface area contributed by atoms with Gasteiger partial charge in [0.15, 0.2) is 0 Å². The highest BCUT2D eigenvalue weighted by Crippen LogP contribution is 2.33. The van der Waals surface area contributed by atoms with Gasteiger partial charge in [-0.2, -0.15) is 0 Å². The lowest BCUT2D eigenvalue weighted by Crippen LogP contribution is -2.04. The first-order chi connectivity index (χ1) is 17.6. The number of aryl methyl sites for hydroxylation is 4. The van der Waals surface area contributed by atoms with E-state index in [1.54, 1.807) is 0 Å². The molecule has 2 aromatic carbocycles. The predicted molar refractivity (Wildman–Crippen MR) is 156 cm³/mol. The Morgan fingerprint density at radius 2 is 0.806 bits per heavy atom. The Kier molecular flexibility index (Phi) is 11.7. The molecule has 0 aromatic heterocycles. The third-order valence-electron chi connectivity index (χ3n) is 7.33. The lowest BCUT2D eigenvalue weighted by atomic mass is 9.96. The van der Waals surface area contributed by atoms with Crippen molar-refractivity contribution >= 4 is 11.4 Å². The molecular formula is C34H48N2. The van der Waals surface area contributed by atoms with E-state index in [0.717, 1.165) is 48.2 Å². The standard InChI is InChI=1S/C34H48N2/c1-5-9-13-17-29-22-30(18-14-10-6-2)26-32(25-29)34-20-19-33(36(34)35)31-23-27(15-11-7-3)21-28(24-31)16-12-8-4/h19-26H,5-18H2,1-4H3. The van der Waals surface area contributed by atoms with Crippen molar-refractivity contribution in [3.05, 3.63) is 87.5 Å². The van der Waals surface area contributed by atoms with Crippen molar-refractivity contribution in [3.63, 3.8) is 0 Å².